The van der Waals surface area contributed by atoms with E-state index in [4.69, 9.17) is 10.00 Å². The smallest absolute Gasteiger partial charge is 0.240 e. The molecule has 1 rings (SSSR count). The van der Waals surface area contributed by atoms with E-state index in [1.54, 1.807) is 19.2 Å². The molecule has 7 heteroatoms. The number of hydrogen-bond acceptors (Lipinski definition) is 5. The molecule has 6 nitrogen and oxygen atoms in total. The molecule has 110 valence electrons. The van der Waals surface area contributed by atoms with Crippen molar-refractivity contribution in [2.75, 3.05) is 40.4 Å². The highest BCUT2D eigenvalue weighted by molar-refractivity contribution is 7.89. The maximum atomic E-state index is 12.0. The molecular weight excluding hydrogens is 278 g/mol. The van der Waals surface area contributed by atoms with Crippen LogP contribution in [0, 0.1) is 11.3 Å². The number of hydrogen-bond donors (Lipinski definition) is 1. The van der Waals surface area contributed by atoms with Crippen molar-refractivity contribution < 1.29 is 13.2 Å². The minimum Gasteiger partial charge on any atom is -0.383 e. The number of rotatable bonds is 8. The number of sulfonamides is 1. The molecule has 0 heterocycles. The fraction of sp³-hybridized carbons (Fsp3) is 0.462. The Morgan fingerprint density at radius 2 is 2.15 bits per heavy atom. The lowest BCUT2D eigenvalue weighted by Crippen LogP contribution is -2.34. The maximum absolute atomic E-state index is 12.0. The van der Waals surface area contributed by atoms with E-state index in [1.165, 1.54) is 12.1 Å². The third-order valence-electron chi connectivity index (χ3n) is 2.74. The van der Waals surface area contributed by atoms with Crippen LogP contribution in [0.4, 0.5) is 0 Å². The molecule has 0 aromatic heterocycles. The van der Waals surface area contributed by atoms with Crippen LogP contribution in [0.1, 0.15) is 5.56 Å². The van der Waals surface area contributed by atoms with Gasteiger partial charge in [0.05, 0.1) is 23.1 Å². The fourth-order valence-corrected chi connectivity index (χ4v) is 2.61. The summed E-state index contributed by atoms with van der Waals surface area (Å²) in [6.07, 6.45) is 0. The Morgan fingerprint density at radius 3 is 2.80 bits per heavy atom. The Kier molecular flexibility index (Phi) is 6.61. The van der Waals surface area contributed by atoms with Gasteiger partial charge >= 0.3 is 0 Å². The van der Waals surface area contributed by atoms with Gasteiger partial charge in [-0.05, 0) is 25.2 Å². The highest BCUT2D eigenvalue weighted by atomic mass is 32.2. The van der Waals surface area contributed by atoms with Gasteiger partial charge in [0.1, 0.15) is 0 Å². The van der Waals surface area contributed by atoms with Crippen LogP contribution >= 0.6 is 0 Å². The highest BCUT2D eigenvalue weighted by Gasteiger charge is 2.14. The fourth-order valence-electron chi connectivity index (χ4n) is 1.55. The highest BCUT2D eigenvalue weighted by Crippen LogP contribution is 2.10. The van der Waals surface area contributed by atoms with Gasteiger partial charge in [0.15, 0.2) is 0 Å². The molecule has 0 atom stereocenters. The summed E-state index contributed by atoms with van der Waals surface area (Å²) >= 11 is 0. The number of nitrogens with zero attached hydrogens (tertiary/aromatic N) is 2. The van der Waals surface area contributed by atoms with E-state index in [9.17, 15) is 8.42 Å². The van der Waals surface area contributed by atoms with Crippen molar-refractivity contribution in [2.24, 2.45) is 0 Å². The summed E-state index contributed by atoms with van der Waals surface area (Å²) < 4.78 is 31.5. The van der Waals surface area contributed by atoms with E-state index in [0.29, 0.717) is 25.3 Å². The zero-order valence-electron chi connectivity index (χ0n) is 11.7. The molecule has 0 fully saturated rings. The van der Waals surface area contributed by atoms with Crippen LogP contribution in [0.3, 0.4) is 0 Å². The Balaban J connectivity index is 2.55. The first-order chi connectivity index (χ1) is 9.49. The van der Waals surface area contributed by atoms with Gasteiger partial charge in [0.2, 0.25) is 10.0 Å². The van der Waals surface area contributed by atoms with Crippen LogP contribution in [-0.2, 0) is 14.8 Å². The molecule has 0 aliphatic carbocycles. The van der Waals surface area contributed by atoms with E-state index in [0.717, 1.165) is 6.54 Å². The standard InChI is InChI=1S/C13H19N3O3S/c1-16(8-9-19-2)7-6-15-20(17,18)13-5-3-4-12(10-13)11-14/h3-5,10,15H,6-9H2,1-2H3. The van der Waals surface area contributed by atoms with Gasteiger partial charge in [-0.2, -0.15) is 5.26 Å². The van der Waals surface area contributed by atoms with Crippen LogP contribution in [0.25, 0.3) is 0 Å². The van der Waals surface area contributed by atoms with Crippen molar-refractivity contribution in [2.45, 2.75) is 4.90 Å². The molecule has 1 aromatic carbocycles. The topological polar surface area (TPSA) is 82.4 Å². The van der Waals surface area contributed by atoms with Crippen molar-refractivity contribution in [3.05, 3.63) is 29.8 Å². The molecule has 0 aliphatic rings. The first-order valence-electron chi connectivity index (χ1n) is 6.17. The van der Waals surface area contributed by atoms with Crippen molar-refractivity contribution in [1.82, 2.24) is 9.62 Å². The molecule has 0 saturated heterocycles. The molecule has 0 unspecified atom stereocenters. The normalized spacial score (nSPS) is 11.5. The maximum Gasteiger partial charge on any atom is 0.240 e. The van der Waals surface area contributed by atoms with Gasteiger partial charge in [-0.15, -0.1) is 0 Å². The number of methoxy groups -OCH3 is 1. The summed E-state index contributed by atoms with van der Waals surface area (Å²) in [4.78, 5) is 2.08. The van der Waals surface area contributed by atoms with Gasteiger partial charge in [-0.3, -0.25) is 0 Å². The van der Waals surface area contributed by atoms with E-state index < -0.39 is 10.0 Å². The van der Waals surface area contributed by atoms with E-state index in [2.05, 4.69) is 4.72 Å². The molecule has 0 radical (unpaired) electrons. The third kappa shape index (κ3) is 5.27. The van der Waals surface area contributed by atoms with Gasteiger partial charge in [0, 0.05) is 26.7 Å². The predicted octanol–water partition coefficient (Wildman–Crippen LogP) is 0.415. The average molecular weight is 297 g/mol. The summed E-state index contributed by atoms with van der Waals surface area (Å²) in [5.41, 5.74) is 0.324. The van der Waals surface area contributed by atoms with Crippen molar-refractivity contribution in [1.29, 1.82) is 5.26 Å². The number of benzene rings is 1. The van der Waals surface area contributed by atoms with Crippen LogP contribution in [0.2, 0.25) is 0 Å². The monoisotopic (exact) mass is 297 g/mol. The molecule has 0 saturated carbocycles. The Morgan fingerprint density at radius 1 is 1.40 bits per heavy atom. The quantitative estimate of drug-likeness (QED) is 0.751. The third-order valence-corrected chi connectivity index (χ3v) is 4.19. The molecule has 0 amide bonds. The van der Waals surface area contributed by atoms with Gasteiger partial charge in [-0.1, -0.05) is 6.07 Å². The van der Waals surface area contributed by atoms with Gasteiger partial charge in [0.25, 0.3) is 0 Å². The second kappa shape index (κ2) is 7.97. The SMILES string of the molecule is COCCN(C)CCNS(=O)(=O)c1cccc(C#N)c1. The molecule has 1 aromatic rings. The zero-order chi connectivity index (χ0) is 15.0. The zero-order valence-corrected chi connectivity index (χ0v) is 12.5. The van der Waals surface area contributed by atoms with Crippen LogP contribution in [0.15, 0.2) is 29.2 Å². The summed E-state index contributed by atoms with van der Waals surface area (Å²) in [6, 6.07) is 7.87. The van der Waals surface area contributed by atoms with Crippen LogP contribution in [-0.4, -0.2) is 53.7 Å². The Labute approximate surface area is 120 Å². The van der Waals surface area contributed by atoms with E-state index >= 15 is 0 Å². The van der Waals surface area contributed by atoms with Gasteiger partial charge < -0.3 is 9.64 Å². The lowest BCUT2D eigenvalue weighted by molar-refractivity contribution is 0.162. The molecule has 20 heavy (non-hydrogen) atoms. The second-order valence-electron chi connectivity index (χ2n) is 4.33. The molecule has 0 bridgehead atoms. The summed E-state index contributed by atoms with van der Waals surface area (Å²) in [5, 5.41) is 8.78. The van der Waals surface area contributed by atoms with Crippen LogP contribution < -0.4 is 4.72 Å². The Hall–Kier alpha value is -1.46. The average Bonchev–Trinajstić information content (AvgIpc) is 2.45. The van der Waals surface area contributed by atoms with E-state index in [-0.39, 0.29) is 4.90 Å². The summed E-state index contributed by atoms with van der Waals surface area (Å²) in [5.74, 6) is 0. The van der Waals surface area contributed by atoms with Crippen LogP contribution in [0.5, 0.6) is 0 Å². The summed E-state index contributed by atoms with van der Waals surface area (Å²) in [7, 11) is -0.0519. The number of nitrogens with one attached hydrogen (secondary N) is 1. The summed E-state index contributed by atoms with van der Waals surface area (Å²) in [6.45, 7) is 2.23. The number of ether oxygens (including phenoxy) is 1. The predicted molar refractivity (Wildman–Crippen MR) is 75.7 cm³/mol. The Bertz CT molecular complexity index is 566. The first-order valence-corrected chi connectivity index (χ1v) is 7.65. The molecular formula is C13H19N3O3S. The molecule has 0 spiro atoms. The van der Waals surface area contributed by atoms with E-state index in [1.807, 2.05) is 18.0 Å². The van der Waals surface area contributed by atoms with Gasteiger partial charge in [-0.25, -0.2) is 13.1 Å². The molecule has 0 aliphatic heterocycles. The van der Waals surface area contributed by atoms with Crippen molar-refractivity contribution >= 4 is 10.0 Å². The lowest BCUT2D eigenvalue weighted by atomic mass is 10.2. The lowest BCUT2D eigenvalue weighted by Gasteiger charge is -2.16. The minimum atomic E-state index is -3.57. The van der Waals surface area contributed by atoms with Crippen molar-refractivity contribution in [3.63, 3.8) is 0 Å². The molecule has 1 N–H and O–H groups in total. The van der Waals surface area contributed by atoms with Crippen molar-refractivity contribution in [3.8, 4) is 6.07 Å². The number of likely N-dealkylation sites (N-methyl/N-ethyl adjacent to an activating group) is 1. The minimum absolute atomic E-state index is 0.107. The second-order valence-corrected chi connectivity index (χ2v) is 6.10. The number of nitriles is 1. The largest absolute Gasteiger partial charge is 0.383 e. The first kappa shape index (κ1) is 16.6.